The number of carbonyl (C=O) groups is 1. The molecular weight excluding hydrogens is 320 g/mol. The number of rotatable bonds is 3. The first kappa shape index (κ1) is 15.3. The molecule has 0 saturated carbocycles. The van der Waals surface area contributed by atoms with Gasteiger partial charge in [0.15, 0.2) is 0 Å². The fraction of sp³-hybridized carbons (Fsp3) is 0.533. The number of piperidine rings is 1. The third-order valence-electron chi connectivity index (χ3n) is 3.89. The number of hydrogen-bond acceptors (Lipinski definition) is 3. The van der Waals surface area contributed by atoms with Gasteiger partial charge in [-0.15, -0.1) is 0 Å². The van der Waals surface area contributed by atoms with Crippen molar-refractivity contribution < 1.29 is 9.53 Å². The molecule has 0 aromatic heterocycles. The second-order valence-corrected chi connectivity index (χ2v) is 6.22. The molecule has 4 nitrogen and oxygen atoms in total. The molecule has 0 bridgehead atoms. The molecule has 1 amide bonds. The monoisotopic (exact) mass is 340 g/mol. The third kappa shape index (κ3) is 3.33. The Morgan fingerprint density at radius 1 is 1.55 bits per heavy atom. The largest absolute Gasteiger partial charge is 0.496 e. The molecule has 1 heterocycles. The highest BCUT2D eigenvalue weighted by Crippen LogP contribution is 2.27. The van der Waals surface area contributed by atoms with Crippen LogP contribution < -0.4 is 10.5 Å². The Morgan fingerprint density at radius 3 is 2.90 bits per heavy atom. The number of likely N-dealkylation sites (tertiary alicyclic amines) is 1. The van der Waals surface area contributed by atoms with Gasteiger partial charge in [-0.1, -0.05) is 0 Å². The molecule has 1 fully saturated rings. The average Bonchev–Trinajstić information content (AvgIpc) is 2.46. The number of benzene rings is 1. The Labute approximate surface area is 128 Å². The van der Waals surface area contributed by atoms with Gasteiger partial charge in [0, 0.05) is 24.7 Å². The number of amides is 1. The minimum atomic E-state index is 0.0682. The van der Waals surface area contributed by atoms with Crippen molar-refractivity contribution in [2.45, 2.75) is 25.8 Å². The maximum Gasteiger partial charge on any atom is 0.253 e. The van der Waals surface area contributed by atoms with Gasteiger partial charge >= 0.3 is 0 Å². The van der Waals surface area contributed by atoms with Crippen molar-refractivity contribution in [2.75, 3.05) is 20.2 Å². The summed E-state index contributed by atoms with van der Waals surface area (Å²) in [5, 5.41) is 0. The molecule has 1 aliphatic rings. The number of nitrogens with zero attached hydrogens (tertiary/aromatic N) is 1. The number of halogens is 1. The van der Waals surface area contributed by atoms with Gasteiger partial charge in [0.05, 0.1) is 11.6 Å². The Balaban J connectivity index is 2.12. The molecule has 2 unspecified atom stereocenters. The van der Waals surface area contributed by atoms with E-state index in [-0.39, 0.29) is 11.9 Å². The molecule has 0 spiro atoms. The molecule has 2 N–H and O–H groups in total. The summed E-state index contributed by atoms with van der Waals surface area (Å²) >= 11 is 3.42. The lowest BCUT2D eigenvalue weighted by molar-refractivity contribution is 0.0661. The van der Waals surface area contributed by atoms with Gasteiger partial charge in [-0.25, -0.2) is 0 Å². The first-order valence-electron chi connectivity index (χ1n) is 6.91. The highest BCUT2D eigenvalue weighted by atomic mass is 79.9. The fourth-order valence-corrected chi connectivity index (χ4v) is 3.15. The molecular formula is C15H21BrN2O2. The smallest absolute Gasteiger partial charge is 0.253 e. The lowest BCUT2D eigenvalue weighted by atomic mass is 9.92. The number of carbonyl (C=O) groups excluding carboxylic acids is 1. The van der Waals surface area contributed by atoms with E-state index in [1.165, 1.54) is 0 Å². The van der Waals surface area contributed by atoms with E-state index in [0.29, 0.717) is 11.5 Å². The molecule has 5 heteroatoms. The summed E-state index contributed by atoms with van der Waals surface area (Å²) in [7, 11) is 1.61. The van der Waals surface area contributed by atoms with Crippen LogP contribution in [0.2, 0.25) is 0 Å². The van der Waals surface area contributed by atoms with Crippen molar-refractivity contribution in [3.05, 3.63) is 28.2 Å². The zero-order chi connectivity index (χ0) is 14.7. The van der Waals surface area contributed by atoms with E-state index in [1.807, 2.05) is 24.0 Å². The van der Waals surface area contributed by atoms with Crippen LogP contribution in [0.3, 0.4) is 0 Å². The molecule has 1 saturated heterocycles. The lowest BCUT2D eigenvalue weighted by Crippen LogP contribution is -2.45. The van der Waals surface area contributed by atoms with Gasteiger partial charge in [0.1, 0.15) is 5.75 Å². The Bertz CT molecular complexity index is 491. The fourth-order valence-electron chi connectivity index (χ4n) is 2.61. The van der Waals surface area contributed by atoms with E-state index in [0.717, 1.165) is 36.2 Å². The Kier molecular flexibility index (Phi) is 5.05. The maximum absolute atomic E-state index is 12.5. The molecule has 2 atom stereocenters. The van der Waals surface area contributed by atoms with Crippen LogP contribution in [0.1, 0.15) is 30.1 Å². The van der Waals surface area contributed by atoms with Crippen molar-refractivity contribution in [1.82, 2.24) is 4.90 Å². The van der Waals surface area contributed by atoms with Crippen LogP contribution in [0.4, 0.5) is 0 Å². The average molecular weight is 341 g/mol. The summed E-state index contributed by atoms with van der Waals surface area (Å²) in [5.41, 5.74) is 6.65. The van der Waals surface area contributed by atoms with E-state index in [1.54, 1.807) is 13.2 Å². The number of hydrogen-bond donors (Lipinski definition) is 1. The highest BCUT2D eigenvalue weighted by Gasteiger charge is 2.26. The standard InChI is InChI=1S/C15H21BrN2O2/c1-10(17)12-4-3-7-18(9-12)15(19)11-5-6-14(20-2)13(16)8-11/h5-6,8,10,12H,3-4,7,9,17H2,1-2H3. The minimum Gasteiger partial charge on any atom is -0.496 e. The summed E-state index contributed by atoms with van der Waals surface area (Å²) in [6.07, 6.45) is 2.13. The summed E-state index contributed by atoms with van der Waals surface area (Å²) < 4.78 is 5.98. The van der Waals surface area contributed by atoms with Crippen LogP contribution in [-0.4, -0.2) is 37.0 Å². The molecule has 0 aliphatic carbocycles. The molecule has 2 rings (SSSR count). The molecule has 1 aromatic rings. The van der Waals surface area contributed by atoms with Gasteiger partial charge in [-0.05, 0) is 59.8 Å². The van der Waals surface area contributed by atoms with Crippen LogP contribution in [0, 0.1) is 5.92 Å². The van der Waals surface area contributed by atoms with Crippen LogP contribution in [0.15, 0.2) is 22.7 Å². The van der Waals surface area contributed by atoms with Crippen LogP contribution >= 0.6 is 15.9 Å². The van der Waals surface area contributed by atoms with Crippen molar-refractivity contribution in [1.29, 1.82) is 0 Å². The third-order valence-corrected chi connectivity index (χ3v) is 4.51. The van der Waals surface area contributed by atoms with Crippen molar-refractivity contribution in [2.24, 2.45) is 11.7 Å². The van der Waals surface area contributed by atoms with Gasteiger partial charge in [-0.3, -0.25) is 4.79 Å². The van der Waals surface area contributed by atoms with E-state index in [4.69, 9.17) is 10.5 Å². The molecule has 20 heavy (non-hydrogen) atoms. The molecule has 110 valence electrons. The quantitative estimate of drug-likeness (QED) is 0.920. The zero-order valence-electron chi connectivity index (χ0n) is 11.9. The summed E-state index contributed by atoms with van der Waals surface area (Å²) in [5.74, 6) is 1.20. The summed E-state index contributed by atoms with van der Waals surface area (Å²) in [6.45, 7) is 3.58. The SMILES string of the molecule is COc1ccc(C(=O)N2CCCC(C(C)N)C2)cc1Br. The minimum absolute atomic E-state index is 0.0682. The van der Waals surface area contributed by atoms with Gasteiger partial charge in [0.2, 0.25) is 0 Å². The second-order valence-electron chi connectivity index (χ2n) is 5.36. The van der Waals surface area contributed by atoms with Crippen LogP contribution in [-0.2, 0) is 0 Å². The summed E-state index contributed by atoms with van der Waals surface area (Å²) in [6, 6.07) is 5.57. The Hall–Kier alpha value is -1.07. The van der Waals surface area contributed by atoms with Gasteiger partial charge < -0.3 is 15.4 Å². The molecule has 1 aliphatic heterocycles. The number of ether oxygens (including phenoxy) is 1. The highest BCUT2D eigenvalue weighted by molar-refractivity contribution is 9.10. The van der Waals surface area contributed by atoms with Crippen LogP contribution in [0.5, 0.6) is 5.75 Å². The Morgan fingerprint density at radius 2 is 2.30 bits per heavy atom. The predicted molar refractivity (Wildman–Crippen MR) is 83.0 cm³/mol. The topological polar surface area (TPSA) is 55.6 Å². The summed E-state index contributed by atoms with van der Waals surface area (Å²) in [4.78, 5) is 14.5. The second kappa shape index (κ2) is 6.59. The maximum atomic E-state index is 12.5. The zero-order valence-corrected chi connectivity index (χ0v) is 13.5. The molecule has 0 radical (unpaired) electrons. The van der Waals surface area contributed by atoms with Crippen molar-refractivity contribution in [3.8, 4) is 5.75 Å². The predicted octanol–water partition coefficient (Wildman–Crippen LogP) is 2.66. The van der Waals surface area contributed by atoms with E-state index < -0.39 is 0 Å². The van der Waals surface area contributed by atoms with Gasteiger partial charge in [0.25, 0.3) is 5.91 Å². The van der Waals surface area contributed by atoms with E-state index in [9.17, 15) is 4.79 Å². The van der Waals surface area contributed by atoms with Gasteiger partial charge in [-0.2, -0.15) is 0 Å². The van der Waals surface area contributed by atoms with E-state index in [2.05, 4.69) is 15.9 Å². The van der Waals surface area contributed by atoms with E-state index >= 15 is 0 Å². The first-order valence-corrected chi connectivity index (χ1v) is 7.70. The number of methoxy groups -OCH3 is 1. The lowest BCUT2D eigenvalue weighted by Gasteiger charge is -2.34. The van der Waals surface area contributed by atoms with Crippen molar-refractivity contribution >= 4 is 21.8 Å². The molecule has 1 aromatic carbocycles. The van der Waals surface area contributed by atoms with Crippen molar-refractivity contribution in [3.63, 3.8) is 0 Å². The number of nitrogens with two attached hydrogens (primary N) is 1. The normalized spacial score (nSPS) is 20.6. The first-order chi connectivity index (χ1) is 9.52. The van der Waals surface area contributed by atoms with Crippen LogP contribution in [0.25, 0.3) is 0 Å².